The third-order valence-corrected chi connectivity index (χ3v) is 3.59. The second-order valence-electron chi connectivity index (χ2n) is 5.02. The Morgan fingerprint density at radius 1 is 1.29 bits per heavy atom. The summed E-state index contributed by atoms with van der Waals surface area (Å²) in [6.45, 7) is 4.27. The molecule has 0 spiro atoms. The van der Waals surface area contributed by atoms with E-state index in [1.165, 1.54) is 11.0 Å². The van der Waals surface area contributed by atoms with E-state index in [9.17, 15) is 9.90 Å². The van der Waals surface area contributed by atoms with Crippen LogP contribution in [0.5, 0.6) is 0 Å². The van der Waals surface area contributed by atoms with Crippen LogP contribution in [0.1, 0.15) is 16.3 Å². The lowest BCUT2D eigenvalue weighted by Gasteiger charge is -2.31. The van der Waals surface area contributed by atoms with Crippen molar-refractivity contribution in [1.29, 1.82) is 0 Å². The predicted octanol–water partition coefficient (Wildman–Crippen LogP) is -1.66. The summed E-state index contributed by atoms with van der Waals surface area (Å²) in [5.74, 6) is 0.0467. The van der Waals surface area contributed by atoms with Crippen LogP contribution in [-0.4, -0.2) is 42.1 Å². The summed E-state index contributed by atoms with van der Waals surface area (Å²) in [7, 11) is 0. The van der Waals surface area contributed by atoms with Crippen molar-refractivity contribution in [2.45, 2.75) is 6.54 Å². The Morgan fingerprint density at radius 3 is 2.62 bits per heavy atom. The van der Waals surface area contributed by atoms with Gasteiger partial charge in [0.2, 0.25) is 5.95 Å². The zero-order valence-electron chi connectivity index (χ0n) is 11.5. The smallest absolute Gasteiger partial charge is 0.225 e. The van der Waals surface area contributed by atoms with Crippen molar-refractivity contribution in [2.24, 2.45) is 0 Å². The molecule has 1 aliphatic heterocycles. The summed E-state index contributed by atoms with van der Waals surface area (Å²) in [5.41, 5.74) is 0. The quantitative estimate of drug-likeness (QED) is 0.724. The van der Waals surface area contributed by atoms with Gasteiger partial charge in [0, 0.05) is 12.4 Å². The predicted molar refractivity (Wildman–Crippen MR) is 71.7 cm³/mol. The van der Waals surface area contributed by atoms with Crippen LogP contribution >= 0.6 is 0 Å². The van der Waals surface area contributed by atoms with Crippen LogP contribution in [0.3, 0.4) is 0 Å². The van der Waals surface area contributed by atoms with E-state index >= 15 is 0 Å². The Kier molecular flexibility index (Phi) is 3.83. The molecular weight excluding hydrogens is 272 g/mol. The molecule has 0 bridgehead atoms. The Balaban J connectivity index is 1.55. The molecule has 0 atom stereocenters. The van der Waals surface area contributed by atoms with E-state index in [2.05, 4.69) is 14.9 Å². The van der Waals surface area contributed by atoms with E-state index in [-0.39, 0.29) is 5.76 Å². The lowest BCUT2D eigenvalue weighted by molar-refractivity contribution is -0.915. The van der Waals surface area contributed by atoms with E-state index in [1.807, 2.05) is 0 Å². The number of hydrogen-bond donors (Lipinski definition) is 1. The number of nitrogens with one attached hydrogen (secondary N) is 1. The highest BCUT2D eigenvalue weighted by atomic mass is 16.4. The summed E-state index contributed by atoms with van der Waals surface area (Å²) in [4.78, 5) is 22.7. The molecule has 3 heterocycles. The minimum absolute atomic E-state index is 0.110. The van der Waals surface area contributed by atoms with Gasteiger partial charge in [-0.25, -0.2) is 9.97 Å². The molecule has 0 unspecified atom stereocenters. The molecule has 21 heavy (non-hydrogen) atoms. The van der Waals surface area contributed by atoms with Crippen LogP contribution < -0.4 is 14.9 Å². The molecule has 7 nitrogen and oxygen atoms in total. The summed E-state index contributed by atoms with van der Waals surface area (Å²) < 4.78 is 5.24. The standard InChI is InChI=1S/C14H16N4O3/c19-13(20)12-3-2-11(21-12)10-17-6-8-18(9-7-17)14-15-4-1-5-16-14/h1-5H,6-10H2,(H,19,20). The normalized spacial score (nSPS) is 16.1. The van der Waals surface area contributed by atoms with Crippen LogP contribution in [0.2, 0.25) is 0 Å². The Morgan fingerprint density at radius 2 is 2.00 bits per heavy atom. The summed E-state index contributed by atoms with van der Waals surface area (Å²) in [5, 5.41) is 10.7. The first-order valence-corrected chi connectivity index (χ1v) is 6.88. The number of carboxylic acids is 1. The van der Waals surface area contributed by atoms with Crippen molar-refractivity contribution in [3.63, 3.8) is 0 Å². The second-order valence-corrected chi connectivity index (χ2v) is 5.02. The molecule has 2 aromatic rings. The average Bonchev–Trinajstić information content (AvgIpc) is 2.98. The maximum Gasteiger partial charge on any atom is 0.225 e. The fourth-order valence-corrected chi connectivity index (χ4v) is 2.48. The second kappa shape index (κ2) is 5.92. The van der Waals surface area contributed by atoms with Gasteiger partial charge in [-0.05, 0) is 18.2 Å². The minimum Gasteiger partial charge on any atom is -0.542 e. The first-order chi connectivity index (χ1) is 10.2. The van der Waals surface area contributed by atoms with E-state index in [1.54, 1.807) is 24.5 Å². The molecule has 1 aliphatic rings. The molecule has 110 valence electrons. The number of carbonyl (C=O) groups excluding carboxylic acids is 1. The molecule has 3 rings (SSSR count). The van der Waals surface area contributed by atoms with Crippen LogP contribution in [0, 0.1) is 0 Å². The Hall–Kier alpha value is -2.41. The molecule has 0 saturated carbocycles. The summed E-state index contributed by atoms with van der Waals surface area (Å²) in [6, 6.07) is 4.94. The maximum atomic E-state index is 10.7. The summed E-state index contributed by atoms with van der Waals surface area (Å²) in [6.07, 6.45) is 3.48. The number of piperazine rings is 1. The largest absolute Gasteiger partial charge is 0.542 e. The van der Waals surface area contributed by atoms with Gasteiger partial charge in [-0.2, -0.15) is 0 Å². The number of aromatic nitrogens is 2. The minimum atomic E-state index is -1.28. The van der Waals surface area contributed by atoms with Crippen LogP contribution in [-0.2, 0) is 6.54 Å². The maximum absolute atomic E-state index is 10.7. The molecule has 7 heteroatoms. The van der Waals surface area contributed by atoms with Crippen molar-refractivity contribution in [3.8, 4) is 0 Å². The third-order valence-electron chi connectivity index (χ3n) is 3.59. The molecule has 0 radical (unpaired) electrons. The van der Waals surface area contributed by atoms with E-state index in [4.69, 9.17) is 4.42 Å². The number of aromatic carboxylic acids is 1. The fraction of sp³-hybridized carbons (Fsp3) is 0.357. The van der Waals surface area contributed by atoms with Crippen molar-refractivity contribution < 1.29 is 19.2 Å². The number of rotatable bonds is 4. The SMILES string of the molecule is O=C([O-])c1ccc(C[NH+]2CCN(c3ncccn3)CC2)o1. The van der Waals surface area contributed by atoms with Gasteiger partial charge in [0.1, 0.15) is 18.3 Å². The molecule has 1 fully saturated rings. The van der Waals surface area contributed by atoms with E-state index < -0.39 is 5.97 Å². The first kappa shape index (κ1) is 13.6. The van der Waals surface area contributed by atoms with Gasteiger partial charge in [0.05, 0.1) is 26.2 Å². The third kappa shape index (κ3) is 3.19. The highest BCUT2D eigenvalue weighted by Crippen LogP contribution is 2.07. The van der Waals surface area contributed by atoms with Crippen LogP contribution in [0.15, 0.2) is 35.0 Å². The van der Waals surface area contributed by atoms with Gasteiger partial charge in [0.15, 0.2) is 5.76 Å². The Bertz CT molecular complexity index is 606. The number of quaternary nitrogens is 1. The molecule has 0 aromatic carbocycles. The zero-order valence-corrected chi connectivity index (χ0v) is 11.5. The number of hydrogen-bond acceptors (Lipinski definition) is 6. The van der Waals surface area contributed by atoms with Gasteiger partial charge >= 0.3 is 0 Å². The first-order valence-electron chi connectivity index (χ1n) is 6.88. The summed E-state index contributed by atoms with van der Waals surface area (Å²) >= 11 is 0. The van der Waals surface area contributed by atoms with Crippen molar-refractivity contribution in [1.82, 2.24) is 9.97 Å². The number of carbonyl (C=O) groups is 1. The molecule has 1 N–H and O–H groups in total. The highest BCUT2D eigenvalue weighted by molar-refractivity contribution is 5.82. The van der Waals surface area contributed by atoms with Gasteiger partial charge in [-0.1, -0.05) is 0 Å². The van der Waals surface area contributed by atoms with Crippen LogP contribution in [0.25, 0.3) is 0 Å². The molecule has 0 amide bonds. The topological polar surface area (TPSA) is 86.7 Å². The fourth-order valence-electron chi connectivity index (χ4n) is 2.48. The van der Waals surface area contributed by atoms with Gasteiger partial charge in [-0.15, -0.1) is 0 Å². The molecule has 1 saturated heterocycles. The Labute approximate surface area is 121 Å². The number of carboxylic acid groups (broad SMARTS) is 1. The van der Waals surface area contributed by atoms with Crippen molar-refractivity contribution >= 4 is 11.9 Å². The lowest BCUT2D eigenvalue weighted by atomic mass is 10.3. The van der Waals surface area contributed by atoms with Crippen LogP contribution in [0.4, 0.5) is 5.95 Å². The number of anilines is 1. The van der Waals surface area contributed by atoms with Gasteiger partial charge in [-0.3, -0.25) is 0 Å². The van der Waals surface area contributed by atoms with Gasteiger partial charge in [0.25, 0.3) is 0 Å². The van der Waals surface area contributed by atoms with E-state index in [0.717, 1.165) is 32.1 Å². The molecule has 2 aromatic heterocycles. The average molecular weight is 288 g/mol. The number of furan rings is 1. The van der Waals surface area contributed by atoms with Gasteiger partial charge < -0.3 is 24.1 Å². The monoisotopic (exact) mass is 288 g/mol. The van der Waals surface area contributed by atoms with Crippen molar-refractivity contribution in [3.05, 3.63) is 42.1 Å². The zero-order chi connectivity index (χ0) is 14.7. The molecule has 0 aliphatic carbocycles. The lowest BCUT2D eigenvalue weighted by Crippen LogP contribution is -3.13. The molecular formula is C14H16N4O3. The van der Waals surface area contributed by atoms with Crippen molar-refractivity contribution in [2.75, 3.05) is 31.1 Å². The highest BCUT2D eigenvalue weighted by Gasteiger charge is 2.22. The number of nitrogens with zero attached hydrogens (tertiary/aromatic N) is 3. The van der Waals surface area contributed by atoms with E-state index in [0.29, 0.717) is 12.3 Å².